The molecule has 4 amide bonds. The summed E-state index contributed by atoms with van der Waals surface area (Å²) in [5.74, 6) is 0.413. The van der Waals surface area contributed by atoms with E-state index in [2.05, 4.69) is 32.4 Å². The van der Waals surface area contributed by atoms with Crippen LogP contribution in [0.2, 0.25) is 5.02 Å². The van der Waals surface area contributed by atoms with Crippen molar-refractivity contribution in [2.24, 2.45) is 5.92 Å². The smallest absolute Gasteiger partial charge is 0.246 e. The van der Waals surface area contributed by atoms with Gasteiger partial charge in [0.25, 0.3) is 0 Å². The number of rotatable bonds is 26. The summed E-state index contributed by atoms with van der Waals surface area (Å²) in [5.41, 5.74) is 2.37. The molecule has 0 radical (unpaired) electrons. The van der Waals surface area contributed by atoms with Gasteiger partial charge in [-0.15, -0.1) is 11.3 Å². The molecule has 1 saturated carbocycles. The zero-order valence-electron chi connectivity index (χ0n) is 50.0. The lowest BCUT2D eigenvalue weighted by Gasteiger charge is -2.35. The maximum absolute atomic E-state index is 17.0. The lowest BCUT2D eigenvalue weighted by Crippen LogP contribution is -2.55. The van der Waals surface area contributed by atoms with Crippen molar-refractivity contribution in [3.05, 3.63) is 100 Å². The van der Waals surface area contributed by atoms with Gasteiger partial charge in [0.2, 0.25) is 29.6 Å². The summed E-state index contributed by atoms with van der Waals surface area (Å²) in [6.07, 6.45) is 6.99. The van der Waals surface area contributed by atoms with Crippen LogP contribution in [0.15, 0.2) is 84.2 Å². The fourth-order valence-corrected chi connectivity index (χ4v) is 13.2. The Morgan fingerprint density at radius 3 is 2.23 bits per heavy atom. The minimum absolute atomic E-state index is 0.0000283. The van der Waals surface area contributed by atoms with Gasteiger partial charge in [-0.3, -0.25) is 19.2 Å². The van der Waals surface area contributed by atoms with E-state index >= 15 is 4.39 Å². The fourth-order valence-electron chi connectivity index (χ4n) is 11.9. The van der Waals surface area contributed by atoms with Crippen LogP contribution in [0.1, 0.15) is 76.3 Å². The van der Waals surface area contributed by atoms with Crippen LogP contribution in [0.25, 0.3) is 54.8 Å². The van der Waals surface area contributed by atoms with Crippen molar-refractivity contribution >= 4 is 90.8 Å². The van der Waals surface area contributed by atoms with Crippen molar-refractivity contribution in [3.8, 4) is 33.9 Å². The van der Waals surface area contributed by atoms with Crippen molar-refractivity contribution in [1.29, 1.82) is 0 Å². The number of phenolic OH excluding ortho intramolecular Hbond substituents is 1. The van der Waals surface area contributed by atoms with E-state index in [4.69, 9.17) is 40.5 Å². The first-order valence-electron chi connectivity index (χ1n) is 30.3. The average molecular weight is 1230 g/mol. The number of ether oxygens (including phenoxy) is 4. The normalized spacial score (nSPS) is 16.4. The van der Waals surface area contributed by atoms with E-state index in [0.29, 0.717) is 108 Å². The highest BCUT2D eigenvalue weighted by Gasteiger charge is 2.40. The molecule has 87 heavy (non-hydrogen) atoms. The van der Waals surface area contributed by atoms with Gasteiger partial charge < -0.3 is 59.6 Å². The molecule has 3 atom stereocenters. The molecule has 10 rings (SSSR count). The second-order valence-electron chi connectivity index (χ2n) is 22.5. The number of likely N-dealkylation sites (tertiary alicyclic amines) is 1. The highest BCUT2D eigenvalue weighted by atomic mass is 35.5. The minimum atomic E-state index is -0.677. The third kappa shape index (κ3) is 15.0. The zero-order valence-corrected chi connectivity index (χ0v) is 51.5. The van der Waals surface area contributed by atoms with Crippen LogP contribution in [0.3, 0.4) is 0 Å². The number of hydrogen-bond donors (Lipinski definition) is 4. The molecule has 4 heterocycles. The van der Waals surface area contributed by atoms with Crippen molar-refractivity contribution in [2.75, 3.05) is 116 Å². The van der Waals surface area contributed by atoms with Crippen molar-refractivity contribution in [3.63, 3.8) is 0 Å². The number of aromatic nitrogens is 3. The Morgan fingerprint density at radius 2 is 1.49 bits per heavy atom. The lowest BCUT2D eigenvalue weighted by molar-refractivity contribution is -0.139. The number of hydrogen-bond acceptors (Lipinski definition) is 16. The maximum atomic E-state index is 17.0. The molecule has 22 heteroatoms. The molecule has 2 aromatic heterocycles. The number of amides is 4. The summed E-state index contributed by atoms with van der Waals surface area (Å²) >= 11 is 8.47. The lowest BCUT2D eigenvalue weighted by atomic mass is 9.83. The number of anilines is 2. The highest BCUT2D eigenvalue weighted by Crippen LogP contribution is 2.44. The molecule has 19 nitrogen and oxygen atoms in total. The van der Waals surface area contributed by atoms with Crippen LogP contribution in [-0.4, -0.2) is 177 Å². The van der Waals surface area contributed by atoms with Gasteiger partial charge in [0.15, 0.2) is 5.82 Å². The largest absolute Gasteiger partial charge is 0.508 e. The van der Waals surface area contributed by atoms with Crippen molar-refractivity contribution in [1.82, 2.24) is 40.3 Å². The van der Waals surface area contributed by atoms with Crippen molar-refractivity contribution < 1.29 is 47.6 Å². The van der Waals surface area contributed by atoms with Gasteiger partial charge in [0, 0.05) is 93.5 Å². The number of thiazole rings is 1. The predicted octanol–water partition coefficient (Wildman–Crippen LogP) is 9.62. The van der Waals surface area contributed by atoms with E-state index in [0.717, 1.165) is 83.1 Å². The summed E-state index contributed by atoms with van der Waals surface area (Å²) in [7, 11) is 3.46. The Kier molecular flexibility index (Phi) is 21.4. The van der Waals surface area contributed by atoms with Gasteiger partial charge in [-0.2, -0.15) is 4.98 Å². The topological polar surface area (TPSA) is 213 Å². The number of nitrogens with zero attached hydrogens (tertiary/aromatic N) is 7. The molecule has 4 N–H and O–H groups in total. The van der Waals surface area contributed by atoms with Gasteiger partial charge in [0.1, 0.15) is 40.5 Å². The van der Waals surface area contributed by atoms with E-state index in [-0.39, 0.29) is 76.4 Å². The number of carbonyl (C=O) groups is 4. The van der Waals surface area contributed by atoms with E-state index in [1.807, 2.05) is 71.3 Å². The van der Waals surface area contributed by atoms with Gasteiger partial charge >= 0.3 is 0 Å². The molecular formula is C65H78ClFN10O9S. The van der Waals surface area contributed by atoms with Crippen LogP contribution in [-0.2, 0) is 33.4 Å². The first kappa shape index (κ1) is 62.8. The zero-order chi connectivity index (χ0) is 61.0. The molecule has 0 spiro atoms. The SMILES string of the molecule is CN[C@@H](C)C(=O)N[C@H](C(=O)N1CCC[C@H]1c1nc(-c2ccc(OCCOCCOCCOCCN(C)C(=O)CCNc3nc(N4CCN(C(C)=O)CC4)c4cc(Cl)c(-c5cc(O)cc6ccccc56)c(F)c4n3)c3ccccc23)cs1)C1CCCCC1. The van der Waals surface area contributed by atoms with Gasteiger partial charge in [-0.1, -0.05) is 79.4 Å². The highest BCUT2D eigenvalue weighted by molar-refractivity contribution is 7.10. The van der Waals surface area contributed by atoms with Crippen LogP contribution in [0.4, 0.5) is 16.2 Å². The third-order valence-corrected chi connectivity index (χ3v) is 18.1. The number of phenols is 1. The van der Waals surface area contributed by atoms with E-state index in [9.17, 15) is 24.3 Å². The number of likely N-dealkylation sites (N-methyl/N-ethyl adjacent to an activating group) is 2. The van der Waals surface area contributed by atoms with E-state index in [1.165, 1.54) is 13.0 Å². The number of nitrogens with one attached hydrogen (secondary N) is 3. The first-order chi connectivity index (χ1) is 42.3. The Balaban J connectivity index is 0.646. The summed E-state index contributed by atoms with van der Waals surface area (Å²) in [4.78, 5) is 74.7. The Hall–Kier alpha value is -7.27. The van der Waals surface area contributed by atoms with Crippen LogP contribution < -0.4 is 25.6 Å². The summed E-state index contributed by atoms with van der Waals surface area (Å²) in [5, 5.41) is 26.8. The molecule has 3 fully saturated rings. The van der Waals surface area contributed by atoms with Crippen LogP contribution in [0.5, 0.6) is 11.5 Å². The number of carbonyl (C=O) groups excluding carboxylic acids is 4. The maximum Gasteiger partial charge on any atom is 0.246 e. The fraction of sp³-hybridized carbons (Fsp3) is 0.462. The molecule has 0 unspecified atom stereocenters. The number of piperazine rings is 1. The van der Waals surface area contributed by atoms with Crippen LogP contribution in [0, 0.1) is 11.7 Å². The summed E-state index contributed by atoms with van der Waals surface area (Å²) in [6.45, 7) is 8.81. The standard InChI is InChI=1S/C65H78ClFN10O9S/c1-41(68-3)62(81)71-59(43-13-6-5-7-14-43)64(82)77-24-12-19-54(77)63-70-53(40-87-63)48-20-21-55(49-18-11-10-17-47(48)49)86-36-35-85-34-33-84-32-31-83-30-29-74(4)56(80)22-23-69-65-72-60-51(61(73-65)76-27-25-75(26-28-76)42(2)78)39-52(66)57(58(60)67)50-38-45(79)37-44-15-8-9-16-46(44)50/h8-11,15-18,20-21,37-41,43,54,59,68,79H,5-7,12-14,19,22-36H2,1-4H3,(H,71,81)(H,69,72,73)/t41-,54-,59-/m0/s1. The number of halogens is 2. The molecule has 0 bridgehead atoms. The predicted molar refractivity (Wildman–Crippen MR) is 338 cm³/mol. The number of aromatic hydroxyl groups is 1. The molecule has 7 aromatic rings. The molecule has 1 aliphatic carbocycles. The van der Waals surface area contributed by atoms with Gasteiger partial charge in [-0.25, -0.2) is 14.4 Å². The summed E-state index contributed by atoms with van der Waals surface area (Å²) < 4.78 is 40.6. The quantitative estimate of drug-likeness (QED) is 0.0372. The molecule has 3 aliphatic rings. The first-order valence-corrected chi connectivity index (χ1v) is 31.6. The van der Waals surface area contributed by atoms with E-state index < -0.39 is 17.9 Å². The minimum Gasteiger partial charge on any atom is -0.508 e. The Morgan fingerprint density at radius 1 is 0.793 bits per heavy atom. The monoisotopic (exact) mass is 1230 g/mol. The molecule has 2 aliphatic heterocycles. The van der Waals surface area contributed by atoms with Gasteiger partial charge in [-0.05, 0) is 97.6 Å². The summed E-state index contributed by atoms with van der Waals surface area (Å²) in [6, 6.07) is 23.1. The molecule has 2 saturated heterocycles. The van der Waals surface area contributed by atoms with E-state index in [1.54, 1.807) is 47.4 Å². The second-order valence-corrected chi connectivity index (χ2v) is 23.8. The Bertz CT molecular complexity index is 3560. The molecule has 462 valence electrons. The number of benzene rings is 5. The van der Waals surface area contributed by atoms with Gasteiger partial charge in [0.05, 0.1) is 62.4 Å². The third-order valence-electron chi connectivity index (χ3n) is 16.9. The second kappa shape index (κ2) is 29.6. The van der Waals surface area contributed by atoms with Crippen molar-refractivity contribution in [2.45, 2.75) is 83.3 Å². The average Bonchev–Trinajstić information content (AvgIpc) is 1.46. The molecular weight excluding hydrogens is 1150 g/mol. The Labute approximate surface area is 515 Å². The van der Waals surface area contributed by atoms with Crippen LogP contribution >= 0.6 is 22.9 Å². The number of fused-ring (bicyclic) bond motifs is 3. The molecule has 5 aromatic carbocycles.